The first-order valence-electron chi connectivity index (χ1n) is 9.37. The number of aromatic nitrogens is 2. The van der Waals surface area contributed by atoms with E-state index in [1.54, 1.807) is 12.3 Å². The van der Waals surface area contributed by atoms with Crippen LogP contribution in [0.4, 0.5) is 0 Å². The number of fused-ring (bicyclic) bond motifs is 1. The summed E-state index contributed by atoms with van der Waals surface area (Å²) in [7, 11) is 0. The van der Waals surface area contributed by atoms with E-state index in [4.69, 9.17) is 4.42 Å². The monoisotopic (exact) mass is 377 g/mol. The molecule has 6 nitrogen and oxygen atoms in total. The fraction of sp³-hybridized carbons (Fsp3) is 0.318. The second-order valence-electron chi connectivity index (χ2n) is 8.17. The second-order valence-corrected chi connectivity index (χ2v) is 8.17. The minimum Gasteiger partial charge on any atom is -0.461 e. The summed E-state index contributed by atoms with van der Waals surface area (Å²) in [5.74, 6) is -1.28. The van der Waals surface area contributed by atoms with Crippen LogP contribution in [0.3, 0.4) is 0 Å². The third-order valence-electron chi connectivity index (χ3n) is 5.21. The molecule has 2 aromatic heterocycles. The zero-order valence-corrected chi connectivity index (χ0v) is 16.2. The molecule has 28 heavy (non-hydrogen) atoms. The first-order valence-corrected chi connectivity index (χ1v) is 9.37. The van der Waals surface area contributed by atoms with Crippen molar-refractivity contribution in [3.63, 3.8) is 0 Å². The van der Waals surface area contributed by atoms with Gasteiger partial charge in [-0.15, -0.1) is 0 Å². The molecule has 144 valence electrons. The van der Waals surface area contributed by atoms with Gasteiger partial charge < -0.3 is 9.73 Å². The van der Waals surface area contributed by atoms with Crippen molar-refractivity contribution in [2.45, 2.75) is 39.7 Å². The molecule has 1 amide bonds. The third-order valence-corrected chi connectivity index (χ3v) is 5.21. The highest BCUT2D eigenvalue weighted by Crippen LogP contribution is 2.41. The van der Waals surface area contributed by atoms with Gasteiger partial charge in [0.2, 0.25) is 0 Å². The molecule has 0 bridgehead atoms. The van der Waals surface area contributed by atoms with Crippen LogP contribution in [-0.2, 0) is 11.2 Å². The molecule has 6 heteroatoms. The molecule has 0 spiro atoms. The Kier molecular flexibility index (Phi) is 4.41. The normalized spacial score (nSPS) is 17.8. The summed E-state index contributed by atoms with van der Waals surface area (Å²) < 4.78 is 6.99. The minimum atomic E-state index is -0.666. The summed E-state index contributed by atoms with van der Waals surface area (Å²) in [5.41, 5.74) is 4.16. The van der Waals surface area contributed by atoms with E-state index in [0.717, 1.165) is 29.8 Å². The fourth-order valence-electron chi connectivity index (χ4n) is 3.82. The lowest BCUT2D eigenvalue weighted by atomic mass is 9.74. The molecule has 1 aliphatic carbocycles. The Morgan fingerprint density at radius 3 is 2.64 bits per heavy atom. The first-order chi connectivity index (χ1) is 13.3. The molecule has 1 N–H and O–H groups in total. The van der Waals surface area contributed by atoms with Crippen molar-refractivity contribution in [2.24, 2.45) is 5.41 Å². The van der Waals surface area contributed by atoms with E-state index >= 15 is 0 Å². The number of ketones is 1. The Balaban J connectivity index is 1.65. The fourth-order valence-corrected chi connectivity index (χ4v) is 3.82. The molecule has 3 aromatic rings. The third kappa shape index (κ3) is 3.38. The molecule has 4 rings (SSSR count). The van der Waals surface area contributed by atoms with E-state index in [2.05, 4.69) is 36.4 Å². The quantitative estimate of drug-likeness (QED) is 0.554. The molecule has 0 saturated carbocycles. The van der Waals surface area contributed by atoms with Crippen molar-refractivity contribution < 1.29 is 14.0 Å². The molecular weight excluding hydrogens is 354 g/mol. The number of carbonyl (C=O) groups is 2. The van der Waals surface area contributed by atoms with Crippen molar-refractivity contribution >= 4 is 11.7 Å². The number of rotatable bonds is 4. The Labute approximate surface area is 163 Å². The van der Waals surface area contributed by atoms with Gasteiger partial charge in [0.1, 0.15) is 0 Å². The molecule has 0 saturated heterocycles. The SMILES string of the molecule is Cc1ccc(-n2ncc3c2CC(C)(C)C[C@H]3NC(=O)C(=O)c2ccco2)cc1. The molecule has 0 radical (unpaired) electrons. The maximum atomic E-state index is 12.5. The zero-order valence-electron chi connectivity index (χ0n) is 16.2. The number of nitrogens with zero attached hydrogens (tertiary/aromatic N) is 2. The Morgan fingerprint density at radius 2 is 1.96 bits per heavy atom. The lowest BCUT2D eigenvalue weighted by Gasteiger charge is -2.35. The van der Waals surface area contributed by atoms with Gasteiger partial charge in [-0.05, 0) is 49.4 Å². The van der Waals surface area contributed by atoms with Crippen molar-refractivity contribution in [3.05, 3.63) is 71.4 Å². The van der Waals surface area contributed by atoms with Gasteiger partial charge in [0.25, 0.3) is 11.7 Å². The summed E-state index contributed by atoms with van der Waals surface area (Å²) in [6, 6.07) is 11.0. The number of hydrogen-bond acceptors (Lipinski definition) is 4. The molecule has 1 aromatic carbocycles. The molecule has 0 unspecified atom stereocenters. The average Bonchev–Trinajstić information content (AvgIpc) is 3.31. The number of amides is 1. The molecule has 1 aliphatic rings. The first kappa shape index (κ1) is 18.2. The van der Waals surface area contributed by atoms with E-state index in [0.29, 0.717) is 0 Å². The average molecular weight is 377 g/mol. The molecule has 1 atom stereocenters. The Hall–Kier alpha value is -3.15. The van der Waals surface area contributed by atoms with E-state index in [1.165, 1.54) is 17.9 Å². The number of Topliss-reactive ketones (excluding diaryl/α,β-unsaturated/α-hetero) is 1. The lowest BCUT2D eigenvalue weighted by Crippen LogP contribution is -2.39. The minimum absolute atomic E-state index is 0.0405. The van der Waals surface area contributed by atoms with Gasteiger partial charge in [0, 0.05) is 5.56 Å². The molecule has 0 aliphatic heterocycles. The highest BCUT2D eigenvalue weighted by Gasteiger charge is 2.37. The van der Waals surface area contributed by atoms with Gasteiger partial charge in [-0.2, -0.15) is 5.10 Å². The van der Waals surface area contributed by atoms with E-state index in [-0.39, 0.29) is 17.2 Å². The van der Waals surface area contributed by atoms with Crippen LogP contribution in [0.5, 0.6) is 0 Å². The maximum Gasteiger partial charge on any atom is 0.296 e. The molecular formula is C22H23N3O3. The summed E-state index contributed by atoms with van der Waals surface area (Å²) >= 11 is 0. The Bertz CT molecular complexity index is 1010. The van der Waals surface area contributed by atoms with Crippen LogP contribution >= 0.6 is 0 Å². The standard InChI is InChI=1S/C22H23N3O3/c1-14-6-8-15(9-7-14)25-18-12-22(2,3)11-17(16(18)13-23-25)24-21(27)20(26)19-5-4-10-28-19/h4-10,13,17H,11-12H2,1-3H3,(H,24,27)/t17-/m1/s1. The second kappa shape index (κ2) is 6.78. The van der Waals surface area contributed by atoms with Gasteiger partial charge in [0.15, 0.2) is 5.76 Å². The number of carbonyl (C=O) groups excluding carboxylic acids is 2. The summed E-state index contributed by atoms with van der Waals surface area (Å²) in [4.78, 5) is 24.8. The summed E-state index contributed by atoms with van der Waals surface area (Å²) in [6.07, 6.45) is 4.76. The smallest absolute Gasteiger partial charge is 0.296 e. The van der Waals surface area contributed by atoms with Crippen molar-refractivity contribution in [3.8, 4) is 5.69 Å². The highest BCUT2D eigenvalue weighted by molar-refractivity contribution is 6.42. The summed E-state index contributed by atoms with van der Waals surface area (Å²) in [6.45, 7) is 6.37. The van der Waals surface area contributed by atoms with Crippen LogP contribution in [0.15, 0.2) is 53.3 Å². The summed E-state index contributed by atoms with van der Waals surface area (Å²) in [5, 5.41) is 7.47. The van der Waals surface area contributed by atoms with Crippen molar-refractivity contribution in [1.29, 1.82) is 0 Å². The van der Waals surface area contributed by atoms with Crippen molar-refractivity contribution in [1.82, 2.24) is 15.1 Å². The van der Waals surface area contributed by atoms with Gasteiger partial charge in [-0.3, -0.25) is 9.59 Å². The van der Waals surface area contributed by atoms with Crippen LogP contribution in [0, 0.1) is 12.3 Å². The number of hydrogen-bond donors (Lipinski definition) is 1. The van der Waals surface area contributed by atoms with Gasteiger partial charge in [0.05, 0.1) is 29.9 Å². The predicted molar refractivity (Wildman–Crippen MR) is 104 cm³/mol. The van der Waals surface area contributed by atoms with Crippen LogP contribution in [0.25, 0.3) is 5.69 Å². The molecule has 0 fully saturated rings. The lowest BCUT2D eigenvalue weighted by molar-refractivity contribution is -0.118. The zero-order chi connectivity index (χ0) is 19.9. The number of benzene rings is 1. The number of aryl methyl sites for hydroxylation is 1. The van der Waals surface area contributed by atoms with E-state index in [1.807, 2.05) is 23.7 Å². The predicted octanol–water partition coefficient (Wildman–Crippen LogP) is 3.79. The number of furan rings is 1. The van der Waals surface area contributed by atoms with E-state index in [9.17, 15) is 9.59 Å². The van der Waals surface area contributed by atoms with Crippen LogP contribution in [-0.4, -0.2) is 21.5 Å². The van der Waals surface area contributed by atoms with Gasteiger partial charge in [-0.25, -0.2) is 4.68 Å². The van der Waals surface area contributed by atoms with Crippen molar-refractivity contribution in [2.75, 3.05) is 0 Å². The topological polar surface area (TPSA) is 77.1 Å². The highest BCUT2D eigenvalue weighted by atomic mass is 16.3. The van der Waals surface area contributed by atoms with Crippen LogP contribution in [0.1, 0.15) is 53.7 Å². The van der Waals surface area contributed by atoms with Gasteiger partial charge in [-0.1, -0.05) is 31.5 Å². The largest absolute Gasteiger partial charge is 0.461 e. The van der Waals surface area contributed by atoms with E-state index < -0.39 is 11.7 Å². The Morgan fingerprint density at radius 1 is 1.21 bits per heavy atom. The molecule has 2 heterocycles. The van der Waals surface area contributed by atoms with Crippen LogP contribution in [0.2, 0.25) is 0 Å². The van der Waals surface area contributed by atoms with Crippen LogP contribution < -0.4 is 5.32 Å². The number of nitrogens with one attached hydrogen (secondary N) is 1. The van der Waals surface area contributed by atoms with Gasteiger partial charge >= 0.3 is 0 Å². The maximum absolute atomic E-state index is 12.5.